The van der Waals surface area contributed by atoms with Gasteiger partial charge < -0.3 is 44.5 Å². The van der Waals surface area contributed by atoms with Gasteiger partial charge in [-0.15, -0.1) is 0 Å². The monoisotopic (exact) mass is 550 g/mol. The molecule has 0 aromatic rings. The van der Waals surface area contributed by atoms with E-state index in [4.69, 9.17) is 14.2 Å². The minimum absolute atomic E-state index is 0.0465. The Morgan fingerprint density at radius 3 is 2.41 bits per heavy atom. The van der Waals surface area contributed by atoms with Crippen molar-refractivity contribution in [3.63, 3.8) is 0 Å². The van der Waals surface area contributed by atoms with Crippen molar-refractivity contribution in [2.24, 2.45) is 28.6 Å². The van der Waals surface area contributed by atoms with Crippen LogP contribution in [0.5, 0.6) is 0 Å². The second-order valence-corrected chi connectivity index (χ2v) is 13.4. The highest BCUT2D eigenvalue weighted by atomic mass is 16.7. The minimum Gasteiger partial charge on any atom is -0.458 e. The average Bonchev–Trinajstić information content (AvgIpc) is 3.45. The van der Waals surface area contributed by atoms with Gasteiger partial charge in [0.15, 0.2) is 6.29 Å². The second-order valence-electron chi connectivity index (χ2n) is 13.4. The third-order valence-electron chi connectivity index (χ3n) is 12.0. The molecule has 5 fully saturated rings. The summed E-state index contributed by atoms with van der Waals surface area (Å²) in [6.45, 7) is 3.98. The van der Waals surface area contributed by atoms with Gasteiger partial charge in [0, 0.05) is 17.9 Å². The smallest absolute Gasteiger partial charge is 0.331 e. The lowest BCUT2D eigenvalue weighted by molar-refractivity contribution is -0.317. The van der Waals surface area contributed by atoms with Gasteiger partial charge >= 0.3 is 5.97 Å². The number of hydrogen-bond acceptors (Lipinski definition) is 10. The molecular formula is C29H42O10. The van der Waals surface area contributed by atoms with Crippen LogP contribution in [0.3, 0.4) is 0 Å². The Balaban J connectivity index is 1.22. The summed E-state index contributed by atoms with van der Waals surface area (Å²) in [5, 5.41) is 55.0. The summed E-state index contributed by atoms with van der Waals surface area (Å²) in [5.41, 5.74) is -2.86. The Hall–Kier alpha value is -1.40. The molecule has 4 saturated carbocycles. The van der Waals surface area contributed by atoms with Crippen LogP contribution in [-0.2, 0) is 23.8 Å². The van der Waals surface area contributed by atoms with Gasteiger partial charge in [0.2, 0.25) is 0 Å². The van der Waals surface area contributed by atoms with Crippen LogP contribution in [0.4, 0.5) is 0 Å². The van der Waals surface area contributed by atoms with E-state index in [9.17, 15) is 35.1 Å². The zero-order chi connectivity index (χ0) is 28.0. The third kappa shape index (κ3) is 3.78. The molecule has 0 aromatic carbocycles. The summed E-state index contributed by atoms with van der Waals surface area (Å²) in [5.74, 6) is -0.616. The Morgan fingerprint density at radius 2 is 1.72 bits per heavy atom. The van der Waals surface area contributed by atoms with Crippen molar-refractivity contribution in [1.82, 2.24) is 0 Å². The molecule has 0 aromatic heterocycles. The molecule has 10 heteroatoms. The molecular weight excluding hydrogens is 508 g/mol. The molecule has 2 heterocycles. The maximum absolute atomic E-state index is 13.0. The Labute approximate surface area is 228 Å². The van der Waals surface area contributed by atoms with Gasteiger partial charge in [-0.25, -0.2) is 4.79 Å². The topological polar surface area (TPSA) is 163 Å². The highest BCUT2D eigenvalue weighted by molar-refractivity contribution is 5.85. The van der Waals surface area contributed by atoms with E-state index in [1.165, 1.54) is 0 Å². The molecule has 39 heavy (non-hydrogen) atoms. The van der Waals surface area contributed by atoms with Gasteiger partial charge in [0.1, 0.15) is 31.2 Å². The first-order chi connectivity index (χ1) is 18.4. The summed E-state index contributed by atoms with van der Waals surface area (Å²) in [6.07, 6.45) is 0.689. The Bertz CT molecular complexity index is 1050. The Kier molecular flexibility index (Phi) is 6.62. The van der Waals surface area contributed by atoms with Gasteiger partial charge in [-0.1, -0.05) is 6.92 Å². The van der Waals surface area contributed by atoms with Crippen molar-refractivity contribution in [2.75, 3.05) is 6.61 Å². The van der Waals surface area contributed by atoms with Crippen molar-refractivity contribution >= 4 is 12.3 Å². The number of cyclic esters (lactones) is 1. The molecule has 0 spiro atoms. The highest BCUT2D eigenvalue weighted by Gasteiger charge is 2.71. The van der Waals surface area contributed by atoms with E-state index in [1.54, 1.807) is 13.0 Å². The van der Waals surface area contributed by atoms with E-state index >= 15 is 0 Å². The summed E-state index contributed by atoms with van der Waals surface area (Å²) in [7, 11) is 0. The number of esters is 1. The Morgan fingerprint density at radius 1 is 0.974 bits per heavy atom. The van der Waals surface area contributed by atoms with Gasteiger partial charge in [-0.05, 0) is 81.6 Å². The predicted molar refractivity (Wildman–Crippen MR) is 135 cm³/mol. The lowest BCUT2D eigenvalue weighted by atomic mass is 9.41. The number of aldehydes is 1. The quantitative estimate of drug-likeness (QED) is 0.192. The predicted octanol–water partition coefficient (Wildman–Crippen LogP) is 0.750. The molecule has 2 aliphatic heterocycles. The number of ether oxygens (including phenoxy) is 3. The first-order valence-electron chi connectivity index (χ1n) is 14.5. The molecule has 1 saturated heterocycles. The van der Waals surface area contributed by atoms with Crippen LogP contribution in [0.25, 0.3) is 0 Å². The number of rotatable bonds is 4. The fourth-order valence-corrected chi connectivity index (χ4v) is 9.75. The zero-order valence-electron chi connectivity index (χ0n) is 22.7. The molecule has 13 atom stereocenters. The van der Waals surface area contributed by atoms with Crippen LogP contribution in [-0.4, -0.2) is 92.4 Å². The fourth-order valence-electron chi connectivity index (χ4n) is 9.75. The maximum atomic E-state index is 13.0. The van der Waals surface area contributed by atoms with Gasteiger partial charge in [0.05, 0.1) is 28.8 Å². The number of fused-ring (bicyclic) bond motifs is 5. The summed E-state index contributed by atoms with van der Waals surface area (Å²) in [4.78, 5) is 24.8. The second kappa shape index (κ2) is 9.31. The number of carbonyl (C=O) groups excluding carboxylic acids is 2. The first kappa shape index (κ1) is 27.8. The van der Waals surface area contributed by atoms with Crippen LogP contribution < -0.4 is 0 Å². The number of hydrogen-bond donors (Lipinski definition) is 5. The van der Waals surface area contributed by atoms with Crippen molar-refractivity contribution in [3.05, 3.63) is 11.6 Å². The largest absolute Gasteiger partial charge is 0.458 e. The van der Waals surface area contributed by atoms with Crippen LogP contribution in [0.2, 0.25) is 0 Å². The molecule has 0 radical (unpaired) electrons. The first-order valence-corrected chi connectivity index (χ1v) is 14.5. The van der Waals surface area contributed by atoms with E-state index in [0.29, 0.717) is 44.9 Å². The van der Waals surface area contributed by atoms with Crippen LogP contribution >= 0.6 is 0 Å². The summed E-state index contributed by atoms with van der Waals surface area (Å²) < 4.78 is 16.9. The molecule has 0 unspecified atom stereocenters. The standard InChI is InChI=1S/C29H42O10/c1-15-22(32)23(33)24(34)25(38-15)39-17-3-8-27(14-30)19-4-7-26(2)18(16-11-21(31)37-13-16)6-10-29(26,36)20(19)5-9-28(27,35)12-17/h11,14-15,17-20,22-25,32-36H,3-10,12-13H2,1-2H3/t15-,17-,18+,19+,20-,22-,23+,24-,25+,26+,27-,28-,29-/m0/s1. The molecule has 0 bridgehead atoms. The molecule has 10 nitrogen and oxygen atoms in total. The lowest BCUT2D eigenvalue weighted by Crippen LogP contribution is -2.69. The molecule has 0 amide bonds. The number of carbonyl (C=O) groups is 2. The molecule has 4 aliphatic carbocycles. The van der Waals surface area contributed by atoms with Crippen molar-refractivity contribution < 1.29 is 49.3 Å². The number of aliphatic hydroxyl groups excluding tert-OH is 3. The minimum atomic E-state index is -1.43. The van der Waals surface area contributed by atoms with Crippen LogP contribution in [0, 0.1) is 28.6 Å². The molecule has 218 valence electrons. The van der Waals surface area contributed by atoms with E-state index in [2.05, 4.69) is 6.92 Å². The van der Waals surface area contributed by atoms with Gasteiger partial charge in [-0.3, -0.25) is 0 Å². The summed E-state index contributed by atoms with van der Waals surface area (Å²) >= 11 is 0. The van der Waals surface area contributed by atoms with Crippen LogP contribution in [0.15, 0.2) is 11.6 Å². The zero-order valence-corrected chi connectivity index (χ0v) is 22.7. The number of aliphatic hydroxyl groups is 5. The van der Waals surface area contributed by atoms with Crippen molar-refractivity contribution in [1.29, 1.82) is 0 Å². The van der Waals surface area contributed by atoms with Gasteiger partial charge in [-0.2, -0.15) is 0 Å². The normalized spacial score (nSPS) is 55.2. The fraction of sp³-hybridized carbons (Fsp3) is 0.862. The molecule has 6 rings (SSSR count). The SMILES string of the molecule is C[C@@H]1O[C@H](O[C@H]2CC[C@]3(C=O)[C@@H]4CC[C@]5(C)[C@@H](C6=CC(=O)OC6)CC[C@]5(O)[C@H]4CC[C@]3(O)C2)[C@@H](O)[C@H](O)[C@H]1O. The highest BCUT2D eigenvalue weighted by Crippen LogP contribution is 2.70. The van der Waals surface area contributed by atoms with E-state index < -0.39 is 58.8 Å². The average molecular weight is 551 g/mol. The van der Waals surface area contributed by atoms with E-state index in [1.807, 2.05) is 0 Å². The van der Waals surface area contributed by atoms with E-state index in [-0.39, 0.29) is 36.8 Å². The van der Waals surface area contributed by atoms with E-state index in [0.717, 1.165) is 18.3 Å². The molecule has 5 N–H and O–H groups in total. The van der Waals surface area contributed by atoms with Crippen LogP contribution in [0.1, 0.15) is 71.6 Å². The summed E-state index contributed by atoms with van der Waals surface area (Å²) in [6, 6.07) is 0. The van der Waals surface area contributed by atoms with Gasteiger partial charge in [0.25, 0.3) is 0 Å². The van der Waals surface area contributed by atoms with Crippen molar-refractivity contribution in [2.45, 2.75) is 120 Å². The third-order valence-corrected chi connectivity index (χ3v) is 12.0. The lowest BCUT2D eigenvalue weighted by Gasteiger charge is -2.65. The molecule has 6 aliphatic rings. The maximum Gasteiger partial charge on any atom is 0.331 e. The van der Waals surface area contributed by atoms with Crippen molar-refractivity contribution in [3.8, 4) is 0 Å².